The molecular formula is C17H12ClN3O. The molecule has 2 aromatic carbocycles. The summed E-state index contributed by atoms with van der Waals surface area (Å²) in [4.78, 5) is 4.44. The second-order valence-electron chi connectivity index (χ2n) is 4.83. The number of nitriles is 1. The Hall–Kier alpha value is -2.77. The van der Waals surface area contributed by atoms with Gasteiger partial charge in [-0.1, -0.05) is 23.7 Å². The number of hydrogen-bond acceptors (Lipinski definition) is 3. The SMILES string of the molecule is Cn1c(C(C#N)=C(O)c2ccc(Cl)cc2)nc2ccccc21. The highest BCUT2D eigenvalue weighted by Crippen LogP contribution is 2.26. The number of hydrogen-bond donors (Lipinski definition) is 1. The lowest BCUT2D eigenvalue weighted by molar-refractivity contribution is 0.513. The molecule has 4 nitrogen and oxygen atoms in total. The van der Waals surface area contributed by atoms with Crippen LogP contribution in [0, 0.1) is 11.3 Å². The number of nitrogens with zero attached hydrogens (tertiary/aromatic N) is 3. The van der Waals surface area contributed by atoms with E-state index in [1.165, 1.54) is 0 Å². The van der Waals surface area contributed by atoms with Crippen LogP contribution in [0.2, 0.25) is 5.02 Å². The second-order valence-corrected chi connectivity index (χ2v) is 5.26. The fourth-order valence-corrected chi connectivity index (χ4v) is 2.46. The van der Waals surface area contributed by atoms with Crippen molar-refractivity contribution in [3.05, 3.63) is 64.9 Å². The lowest BCUT2D eigenvalue weighted by Gasteiger charge is -2.05. The predicted octanol–water partition coefficient (Wildman–Crippen LogP) is 4.18. The Morgan fingerprint density at radius 2 is 1.86 bits per heavy atom. The highest BCUT2D eigenvalue weighted by atomic mass is 35.5. The first kappa shape index (κ1) is 14.2. The predicted molar refractivity (Wildman–Crippen MR) is 87.2 cm³/mol. The molecule has 0 fully saturated rings. The fourth-order valence-electron chi connectivity index (χ4n) is 2.33. The summed E-state index contributed by atoms with van der Waals surface area (Å²) >= 11 is 5.85. The summed E-state index contributed by atoms with van der Waals surface area (Å²) in [5.74, 6) is 0.314. The molecule has 0 atom stereocenters. The minimum absolute atomic E-state index is 0.113. The van der Waals surface area contributed by atoms with E-state index in [4.69, 9.17) is 11.6 Å². The topological polar surface area (TPSA) is 61.8 Å². The molecule has 0 radical (unpaired) electrons. The van der Waals surface area contributed by atoms with Crippen molar-refractivity contribution >= 4 is 34.0 Å². The zero-order valence-electron chi connectivity index (χ0n) is 11.8. The Morgan fingerprint density at radius 1 is 1.18 bits per heavy atom. The first-order valence-corrected chi connectivity index (χ1v) is 7.00. The number of halogens is 1. The molecule has 3 aromatic rings. The molecule has 108 valence electrons. The van der Waals surface area contributed by atoms with E-state index in [1.807, 2.05) is 37.4 Å². The first-order valence-electron chi connectivity index (χ1n) is 6.63. The van der Waals surface area contributed by atoms with Gasteiger partial charge in [0, 0.05) is 17.6 Å². The van der Waals surface area contributed by atoms with Gasteiger partial charge in [-0.15, -0.1) is 0 Å². The smallest absolute Gasteiger partial charge is 0.155 e. The van der Waals surface area contributed by atoms with Crippen LogP contribution in [0.4, 0.5) is 0 Å². The summed E-state index contributed by atoms with van der Waals surface area (Å²) in [6.07, 6.45) is 0. The summed E-state index contributed by atoms with van der Waals surface area (Å²) in [7, 11) is 1.82. The largest absolute Gasteiger partial charge is 0.506 e. The number of para-hydroxylation sites is 2. The number of allylic oxidation sites excluding steroid dienone is 1. The maximum absolute atomic E-state index is 10.4. The molecule has 0 saturated heterocycles. The van der Waals surface area contributed by atoms with Crippen LogP contribution in [0.25, 0.3) is 22.4 Å². The van der Waals surface area contributed by atoms with Gasteiger partial charge < -0.3 is 9.67 Å². The van der Waals surface area contributed by atoms with E-state index >= 15 is 0 Å². The molecule has 0 aliphatic carbocycles. The van der Waals surface area contributed by atoms with Gasteiger partial charge in [-0.05, 0) is 36.4 Å². The summed E-state index contributed by atoms with van der Waals surface area (Å²) in [5.41, 5.74) is 2.32. The molecule has 5 heteroatoms. The van der Waals surface area contributed by atoms with Crippen molar-refractivity contribution < 1.29 is 5.11 Å². The number of aliphatic hydroxyl groups excluding tert-OH is 1. The minimum Gasteiger partial charge on any atom is -0.506 e. The van der Waals surface area contributed by atoms with Crippen LogP contribution in [0.3, 0.4) is 0 Å². The van der Waals surface area contributed by atoms with Gasteiger partial charge in [-0.2, -0.15) is 5.26 Å². The van der Waals surface area contributed by atoms with Crippen LogP contribution >= 0.6 is 11.6 Å². The van der Waals surface area contributed by atoms with Gasteiger partial charge in [-0.3, -0.25) is 0 Å². The van der Waals surface area contributed by atoms with Gasteiger partial charge in [0.1, 0.15) is 17.4 Å². The Kier molecular flexibility index (Phi) is 3.58. The quantitative estimate of drug-likeness (QED) is 0.570. The molecule has 1 aromatic heterocycles. The van der Waals surface area contributed by atoms with Crippen LogP contribution in [-0.2, 0) is 7.05 Å². The van der Waals surface area contributed by atoms with E-state index in [0.29, 0.717) is 16.4 Å². The third kappa shape index (κ3) is 2.32. The zero-order valence-corrected chi connectivity index (χ0v) is 12.5. The average molecular weight is 310 g/mol. The molecule has 0 saturated carbocycles. The summed E-state index contributed by atoms with van der Waals surface area (Å²) < 4.78 is 1.79. The number of aliphatic hydroxyl groups is 1. The normalized spacial score (nSPS) is 12.0. The van der Waals surface area contributed by atoms with Gasteiger partial charge in [0.05, 0.1) is 11.0 Å². The van der Waals surface area contributed by atoms with Crippen LogP contribution in [0.1, 0.15) is 11.4 Å². The van der Waals surface area contributed by atoms with Gasteiger partial charge in [0.25, 0.3) is 0 Å². The lowest BCUT2D eigenvalue weighted by atomic mass is 10.1. The van der Waals surface area contributed by atoms with Gasteiger partial charge in [0.2, 0.25) is 0 Å². The van der Waals surface area contributed by atoms with E-state index in [2.05, 4.69) is 4.98 Å². The van der Waals surface area contributed by atoms with E-state index in [1.54, 1.807) is 28.8 Å². The maximum Gasteiger partial charge on any atom is 0.155 e. The summed E-state index contributed by atoms with van der Waals surface area (Å²) in [6.45, 7) is 0. The van der Waals surface area contributed by atoms with Crippen molar-refractivity contribution in [3.8, 4) is 6.07 Å². The van der Waals surface area contributed by atoms with Crippen LogP contribution < -0.4 is 0 Å². The number of aryl methyl sites for hydroxylation is 1. The third-order valence-corrected chi connectivity index (χ3v) is 3.73. The van der Waals surface area contributed by atoms with Crippen LogP contribution in [-0.4, -0.2) is 14.7 Å². The van der Waals surface area contributed by atoms with Gasteiger partial charge >= 0.3 is 0 Å². The van der Waals surface area contributed by atoms with Crippen molar-refractivity contribution in [2.24, 2.45) is 7.05 Å². The molecule has 0 spiro atoms. The number of rotatable bonds is 2. The summed E-state index contributed by atoms with van der Waals surface area (Å²) in [6, 6.07) is 16.3. The molecule has 1 heterocycles. The molecule has 3 rings (SSSR count). The monoisotopic (exact) mass is 309 g/mol. The van der Waals surface area contributed by atoms with E-state index in [-0.39, 0.29) is 11.3 Å². The molecule has 0 aliphatic heterocycles. The number of benzene rings is 2. The highest BCUT2D eigenvalue weighted by Gasteiger charge is 2.17. The van der Waals surface area contributed by atoms with Crippen molar-refractivity contribution in [1.82, 2.24) is 9.55 Å². The average Bonchev–Trinajstić information content (AvgIpc) is 2.86. The molecule has 0 bridgehead atoms. The number of fused-ring (bicyclic) bond motifs is 1. The Balaban J connectivity index is 2.21. The molecule has 0 unspecified atom stereocenters. The van der Waals surface area contributed by atoms with Crippen LogP contribution in [0.5, 0.6) is 0 Å². The Morgan fingerprint density at radius 3 is 2.50 bits per heavy atom. The Bertz CT molecular complexity index is 917. The molecule has 1 N–H and O–H groups in total. The van der Waals surface area contributed by atoms with E-state index < -0.39 is 0 Å². The first-order chi connectivity index (χ1) is 10.6. The van der Waals surface area contributed by atoms with Crippen molar-refractivity contribution in [1.29, 1.82) is 5.26 Å². The van der Waals surface area contributed by atoms with E-state index in [9.17, 15) is 10.4 Å². The number of aromatic nitrogens is 2. The zero-order chi connectivity index (χ0) is 15.7. The van der Waals surface area contributed by atoms with Gasteiger partial charge in [-0.25, -0.2) is 4.98 Å². The van der Waals surface area contributed by atoms with Crippen molar-refractivity contribution in [3.63, 3.8) is 0 Å². The second kappa shape index (κ2) is 5.55. The molecule has 22 heavy (non-hydrogen) atoms. The highest BCUT2D eigenvalue weighted by molar-refractivity contribution is 6.30. The Labute approximate surface area is 132 Å². The van der Waals surface area contributed by atoms with Gasteiger partial charge in [0.15, 0.2) is 5.82 Å². The molecule has 0 aliphatic rings. The number of imidazole rings is 1. The minimum atomic E-state index is -0.113. The van der Waals surface area contributed by atoms with Crippen molar-refractivity contribution in [2.75, 3.05) is 0 Å². The standard InChI is InChI=1S/C17H12ClN3O/c1-21-15-5-3-2-4-14(15)20-17(21)13(10-19)16(22)11-6-8-12(18)9-7-11/h2-9,22H,1H3. The van der Waals surface area contributed by atoms with Crippen LogP contribution in [0.15, 0.2) is 48.5 Å². The maximum atomic E-state index is 10.4. The van der Waals surface area contributed by atoms with Crippen molar-refractivity contribution in [2.45, 2.75) is 0 Å². The molecular weight excluding hydrogens is 298 g/mol. The summed E-state index contributed by atoms with van der Waals surface area (Å²) in [5, 5.41) is 20.5. The van der Waals surface area contributed by atoms with E-state index in [0.717, 1.165) is 11.0 Å². The third-order valence-electron chi connectivity index (χ3n) is 3.48. The molecule has 0 amide bonds. The fraction of sp³-hybridized carbons (Fsp3) is 0.0588. The lowest BCUT2D eigenvalue weighted by Crippen LogP contribution is -1.99.